The Balaban J connectivity index is 2.53. The van der Waals surface area contributed by atoms with Crippen LogP contribution in [0.25, 0.3) is 0 Å². The molecule has 0 saturated carbocycles. The highest BCUT2D eigenvalue weighted by molar-refractivity contribution is 7.53. The average molecular weight is 401 g/mol. The number of alkyl carbamates (subject to hydrolysis) is 1. The molecule has 1 N–H and O–H groups in total. The Bertz CT molecular complexity index is 613. The predicted octanol–water partition coefficient (Wildman–Crippen LogP) is 3.50. The Morgan fingerprint density at radius 1 is 1.11 bits per heavy atom. The molecule has 0 fully saturated rings. The van der Waals surface area contributed by atoms with Gasteiger partial charge in [0.2, 0.25) is 0 Å². The van der Waals surface area contributed by atoms with Crippen LogP contribution in [0.4, 0.5) is 4.79 Å². The average Bonchev–Trinajstić information content (AvgIpc) is 2.66. The van der Waals surface area contributed by atoms with E-state index in [2.05, 4.69) is 5.32 Å². The molecule has 0 spiro atoms. The summed E-state index contributed by atoms with van der Waals surface area (Å²) in [6.07, 6.45) is -0.0250. The summed E-state index contributed by atoms with van der Waals surface area (Å²) in [4.78, 5) is 23.9. The van der Waals surface area contributed by atoms with Gasteiger partial charge in [0, 0.05) is 0 Å². The normalized spacial score (nSPS) is 12.3. The Labute approximate surface area is 160 Å². The third-order valence-corrected chi connectivity index (χ3v) is 5.73. The summed E-state index contributed by atoms with van der Waals surface area (Å²) < 4.78 is 32.7. The SMILES string of the molecule is CCOP(=O)(CCC[C@@H](NC(=O)OCc1ccccc1)C(=O)OC)OCC. The van der Waals surface area contributed by atoms with Crippen molar-refractivity contribution in [1.29, 1.82) is 0 Å². The van der Waals surface area contributed by atoms with E-state index >= 15 is 0 Å². The van der Waals surface area contributed by atoms with Crippen molar-refractivity contribution in [2.75, 3.05) is 26.5 Å². The van der Waals surface area contributed by atoms with E-state index in [1.807, 2.05) is 30.3 Å². The summed E-state index contributed by atoms with van der Waals surface area (Å²) in [5, 5.41) is 2.48. The number of hydrogen-bond acceptors (Lipinski definition) is 7. The monoisotopic (exact) mass is 401 g/mol. The summed E-state index contributed by atoms with van der Waals surface area (Å²) in [5.74, 6) is -0.602. The molecule has 0 bridgehead atoms. The zero-order valence-electron chi connectivity index (χ0n) is 16.0. The van der Waals surface area contributed by atoms with Gasteiger partial charge in [-0.1, -0.05) is 30.3 Å². The minimum Gasteiger partial charge on any atom is -0.467 e. The first-order valence-electron chi connectivity index (χ1n) is 8.87. The predicted molar refractivity (Wildman–Crippen MR) is 101 cm³/mol. The zero-order chi connectivity index (χ0) is 20.1. The first-order valence-corrected chi connectivity index (χ1v) is 10.6. The summed E-state index contributed by atoms with van der Waals surface area (Å²) in [6.45, 7) is 4.08. The molecule has 27 heavy (non-hydrogen) atoms. The quantitative estimate of drug-likeness (QED) is 0.423. The molecular formula is C18H28NO7P. The number of nitrogens with one attached hydrogen (secondary N) is 1. The van der Waals surface area contributed by atoms with Crippen molar-refractivity contribution in [1.82, 2.24) is 5.32 Å². The van der Waals surface area contributed by atoms with E-state index < -0.39 is 25.7 Å². The maximum atomic E-state index is 12.4. The van der Waals surface area contributed by atoms with Crippen molar-refractivity contribution in [3.8, 4) is 0 Å². The van der Waals surface area contributed by atoms with Gasteiger partial charge in [-0.3, -0.25) is 4.57 Å². The zero-order valence-corrected chi connectivity index (χ0v) is 16.9. The van der Waals surface area contributed by atoms with E-state index in [1.165, 1.54) is 7.11 Å². The van der Waals surface area contributed by atoms with Crippen LogP contribution in [-0.4, -0.2) is 44.6 Å². The van der Waals surface area contributed by atoms with Crippen LogP contribution in [0.2, 0.25) is 0 Å². The molecule has 0 saturated heterocycles. The molecule has 152 valence electrons. The van der Waals surface area contributed by atoms with Crippen LogP contribution in [-0.2, 0) is 34.5 Å². The lowest BCUT2D eigenvalue weighted by Gasteiger charge is -2.19. The van der Waals surface area contributed by atoms with Crippen LogP contribution in [0.5, 0.6) is 0 Å². The van der Waals surface area contributed by atoms with Gasteiger partial charge in [-0.05, 0) is 32.3 Å². The van der Waals surface area contributed by atoms with Gasteiger partial charge in [0.05, 0.1) is 26.5 Å². The molecule has 1 aromatic carbocycles. The van der Waals surface area contributed by atoms with Gasteiger partial charge < -0.3 is 23.8 Å². The Kier molecular flexibility index (Phi) is 10.7. The minimum absolute atomic E-state index is 0.0877. The number of carbonyl (C=O) groups excluding carboxylic acids is 2. The lowest BCUT2D eigenvalue weighted by Crippen LogP contribution is -2.41. The van der Waals surface area contributed by atoms with Crippen molar-refractivity contribution >= 4 is 19.7 Å². The topological polar surface area (TPSA) is 100 Å². The molecule has 0 aromatic heterocycles. The van der Waals surface area contributed by atoms with Crippen LogP contribution >= 0.6 is 7.60 Å². The molecule has 0 unspecified atom stereocenters. The van der Waals surface area contributed by atoms with Crippen molar-refractivity contribution in [3.63, 3.8) is 0 Å². The van der Waals surface area contributed by atoms with Gasteiger partial charge >= 0.3 is 19.7 Å². The van der Waals surface area contributed by atoms with Crippen LogP contribution in [0.15, 0.2) is 30.3 Å². The molecule has 0 aliphatic heterocycles. The van der Waals surface area contributed by atoms with Crippen molar-refractivity contribution in [2.24, 2.45) is 0 Å². The Hall–Kier alpha value is -1.89. The molecule has 1 aromatic rings. The lowest BCUT2D eigenvalue weighted by atomic mass is 10.2. The molecule has 1 atom stereocenters. The van der Waals surface area contributed by atoms with E-state index in [9.17, 15) is 14.2 Å². The highest BCUT2D eigenvalue weighted by Crippen LogP contribution is 2.48. The summed E-state index contributed by atoms with van der Waals surface area (Å²) in [5.41, 5.74) is 0.830. The van der Waals surface area contributed by atoms with E-state index in [-0.39, 0.29) is 32.4 Å². The second kappa shape index (κ2) is 12.5. The van der Waals surface area contributed by atoms with E-state index in [0.717, 1.165) is 5.56 Å². The molecule has 8 nitrogen and oxygen atoms in total. The summed E-state index contributed by atoms with van der Waals surface area (Å²) in [6, 6.07) is 8.27. The highest BCUT2D eigenvalue weighted by Gasteiger charge is 2.27. The summed E-state index contributed by atoms with van der Waals surface area (Å²) >= 11 is 0. The fourth-order valence-electron chi connectivity index (χ4n) is 2.35. The maximum Gasteiger partial charge on any atom is 0.408 e. The number of amides is 1. The third-order valence-electron chi connectivity index (χ3n) is 3.57. The van der Waals surface area contributed by atoms with Gasteiger partial charge in [-0.15, -0.1) is 0 Å². The molecule has 0 heterocycles. The molecule has 0 aliphatic carbocycles. The standard InChI is InChI=1S/C18H28NO7P/c1-4-25-27(22,26-5-2)13-9-12-16(17(20)23-3)19-18(21)24-14-15-10-7-6-8-11-15/h6-8,10-11,16H,4-5,9,12-14H2,1-3H3,(H,19,21)/t16-/m1/s1. The van der Waals surface area contributed by atoms with E-state index in [0.29, 0.717) is 6.42 Å². The third kappa shape index (κ3) is 9.04. The molecule has 0 radical (unpaired) electrons. The molecule has 1 amide bonds. The first-order chi connectivity index (χ1) is 12.9. The van der Waals surface area contributed by atoms with E-state index in [1.54, 1.807) is 13.8 Å². The van der Waals surface area contributed by atoms with Gasteiger partial charge in [0.15, 0.2) is 0 Å². The van der Waals surface area contributed by atoms with Gasteiger partial charge in [0.1, 0.15) is 12.6 Å². The number of rotatable bonds is 12. The fraction of sp³-hybridized carbons (Fsp3) is 0.556. The van der Waals surface area contributed by atoms with Gasteiger partial charge in [-0.25, -0.2) is 9.59 Å². The molecule has 1 rings (SSSR count). The summed E-state index contributed by atoms with van der Waals surface area (Å²) in [7, 11) is -1.96. The highest BCUT2D eigenvalue weighted by atomic mass is 31.2. The molecule has 9 heteroatoms. The Morgan fingerprint density at radius 3 is 2.30 bits per heavy atom. The number of esters is 1. The number of methoxy groups -OCH3 is 1. The Morgan fingerprint density at radius 2 is 1.74 bits per heavy atom. The lowest BCUT2D eigenvalue weighted by molar-refractivity contribution is -0.143. The van der Waals surface area contributed by atoms with Gasteiger partial charge in [0.25, 0.3) is 0 Å². The minimum atomic E-state index is -3.20. The largest absolute Gasteiger partial charge is 0.467 e. The fourth-order valence-corrected chi connectivity index (χ4v) is 4.04. The smallest absolute Gasteiger partial charge is 0.408 e. The number of hydrogen-bond donors (Lipinski definition) is 1. The maximum absolute atomic E-state index is 12.4. The van der Waals surface area contributed by atoms with Gasteiger partial charge in [-0.2, -0.15) is 0 Å². The van der Waals surface area contributed by atoms with Crippen molar-refractivity contribution < 1.29 is 32.7 Å². The number of carbonyl (C=O) groups is 2. The van der Waals surface area contributed by atoms with Crippen LogP contribution in [0, 0.1) is 0 Å². The van der Waals surface area contributed by atoms with Crippen LogP contribution in [0.3, 0.4) is 0 Å². The first kappa shape index (κ1) is 23.1. The van der Waals surface area contributed by atoms with E-state index in [4.69, 9.17) is 18.5 Å². The van der Waals surface area contributed by atoms with Crippen molar-refractivity contribution in [2.45, 2.75) is 39.3 Å². The molecular weight excluding hydrogens is 373 g/mol. The van der Waals surface area contributed by atoms with Crippen molar-refractivity contribution in [3.05, 3.63) is 35.9 Å². The second-order valence-corrected chi connectivity index (χ2v) is 7.78. The van der Waals surface area contributed by atoms with Crippen LogP contribution < -0.4 is 5.32 Å². The van der Waals surface area contributed by atoms with Crippen LogP contribution in [0.1, 0.15) is 32.3 Å². The second-order valence-electron chi connectivity index (χ2n) is 5.59. The number of benzene rings is 1. The molecule has 0 aliphatic rings. The number of ether oxygens (including phenoxy) is 2.